The van der Waals surface area contributed by atoms with Gasteiger partial charge in [0.15, 0.2) is 6.10 Å². The third kappa shape index (κ3) is 4.73. The van der Waals surface area contributed by atoms with Crippen LogP contribution in [0.4, 0.5) is 5.69 Å². The van der Waals surface area contributed by atoms with E-state index in [1.54, 1.807) is 43.5 Å². The summed E-state index contributed by atoms with van der Waals surface area (Å²) in [6, 6.07) is 10.3. The molecule has 7 heteroatoms. The van der Waals surface area contributed by atoms with Gasteiger partial charge in [-0.3, -0.25) is 4.79 Å². The lowest BCUT2D eigenvalue weighted by atomic mass is 10.2. The number of amides is 1. The van der Waals surface area contributed by atoms with Crippen LogP contribution in [0.2, 0.25) is 5.02 Å². The van der Waals surface area contributed by atoms with Gasteiger partial charge < -0.3 is 24.3 Å². The van der Waals surface area contributed by atoms with Crippen LogP contribution in [0, 0.1) is 0 Å². The molecule has 0 fully saturated rings. The number of halogens is 1. The molecule has 2 aromatic carbocycles. The summed E-state index contributed by atoms with van der Waals surface area (Å²) >= 11 is 6.09. The fourth-order valence-corrected chi connectivity index (χ4v) is 2.56. The predicted octanol–water partition coefficient (Wildman–Crippen LogP) is 4.16. The van der Waals surface area contributed by atoms with Crippen molar-refractivity contribution in [3.63, 3.8) is 0 Å². The largest absolute Gasteiger partial charge is 0.497 e. The van der Waals surface area contributed by atoms with E-state index in [1.165, 1.54) is 14.2 Å². The quantitative estimate of drug-likeness (QED) is 0.745. The van der Waals surface area contributed by atoms with Gasteiger partial charge in [0.05, 0.1) is 32.0 Å². The predicted molar refractivity (Wildman–Crippen MR) is 101 cm³/mol. The first-order chi connectivity index (χ1) is 12.5. The van der Waals surface area contributed by atoms with Crippen LogP contribution in [-0.4, -0.2) is 33.3 Å². The molecule has 2 aromatic rings. The third-order valence-electron chi connectivity index (χ3n) is 3.71. The zero-order valence-corrected chi connectivity index (χ0v) is 15.9. The van der Waals surface area contributed by atoms with E-state index in [2.05, 4.69) is 5.32 Å². The Bertz CT molecular complexity index is 766. The minimum Gasteiger partial charge on any atom is -0.497 e. The van der Waals surface area contributed by atoms with E-state index < -0.39 is 6.10 Å². The number of methoxy groups -OCH3 is 3. The maximum absolute atomic E-state index is 12.7. The number of benzene rings is 2. The summed E-state index contributed by atoms with van der Waals surface area (Å²) in [5, 5.41) is 3.20. The number of anilines is 1. The lowest BCUT2D eigenvalue weighted by Gasteiger charge is -2.19. The highest BCUT2D eigenvalue weighted by molar-refractivity contribution is 6.32. The van der Waals surface area contributed by atoms with Crippen molar-refractivity contribution in [3.8, 4) is 23.0 Å². The van der Waals surface area contributed by atoms with E-state index in [9.17, 15) is 4.79 Å². The van der Waals surface area contributed by atoms with Gasteiger partial charge in [0.2, 0.25) is 0 Å². The van der Waals surface area contributed by atoms with E-state index >= 15 is 0 Å². The van der Waals surface area contributed by atoms with Crippen molar-refractivity contribution in [2.45, 2.75) is 19.4 Å². The van der Waals surface area contributed by atoms with E-state index in [0.717, 1.165) is 0 Å². The lowest BCUT2D eigenvalue weighted by Crippen LogP contribution is -2.32. The molecule has 0 unspecified atom stereocenters. The molecule has 1 atom stereocenters. The van der Waals surface area contributed by atoms with Crippen LogP contribution in [0.1, 0.15) is 13.3 Å². The van der Waals surface area contributed by atoms with E-state index in [-0.39, 0.29) is 5.91 Å². The average molecular weight is 380 g/mol. The first-order valence-electron chi connectivity index (χ1n) is 8.05. The van der Waals surface area contributed by atoms with Gasteiger partial charge in [0, 0.05) is 18.2 Å². The molecular formula is C19H22ClNO5. The van der Waals surface area contributed by atoms with Gasteiger partial charge in [-0.15, -0.1) is 0 Å². The van der Waals surface area contributed by atoms with Crippen LogP contribution in [0.15, 0.2) is 36.4 Å². The van der Waals surface area contributed by atoms with Gasteiger partial charge in [-0.05, 0) is 18.6 Å². The average Bonchev–Trinajstić information content (AvgIpc) is 2.67. The van der Waals surface area contributed by atoms with Gasteiger partial charge in [-0.2, -0.15) is 0 Å². The van der Waals surface area contributed by atoms with Crippen molar-refractivity contribution in [2.75, 3.05) is 26.6 Å². The topological polar surface area (TPSA) is 66.0 Å². The maximum atomic E-state index is 12.7. The molecule has 0 saturated carbocycles. The number of nitrogens with one attached hydrogen (secondary N) is 1. The molecule has 140 valence electrons. The van der Waals surface area contributed by atoms with Gasteiger partial charge in [0.25, 0.3) is 5.91 Å². The third-order valence-corrected chi connectivity index (χ3v) is 4.01. The molecule has 6 nitrogen and oxygen atoms in total. The Morgan fingerprint density at radius 3 is 2.35 bits per heavy atom. The highest BCUT2D eigenvalue weighted by Crippen LogP contribution is 2.36. The fraction of sp³-hybridized carbons (Fsp3) is 0.316. The van der Waals surface area contributed by atoms with Crippen LogP contribution in [-0.2, 0) is 4.79 Å². The van der Waals surface area contributed by atoms with Crippen molar-refractivity contribution in [1.29, 1.82) is 0 Å². The second-order valence-corrected chi connectivity index (χ2v) is 5.78. The van der Waals surface area contributed by atoms with Crippen molar-refractivity contribution >= 4 is 23.2 Å². The van der Waals surface area contributed by atoms with Gasteiger partial charge in [0.1, 0.15) is 23.0 Å². The van der Waals surface area contributed by atoms with Crippen LogP contribution in [0.3, 0.4) is 0 Å². The molecule has 0 aromatic heterocycles. The van der Waals surface area contributed by atoms with E-state index in [0.29, 0.717) is 40.1 Å². The number of carbonyl (C=O) groups is 1. The smallest absolute Gasteiger partial charge is 0.265 e. The summed E-state index contributed by atoms with van der Waals surface area (Å²) in [6.45, 7) is 1.87. The zero-order valence-electron chi connectivity index (χ0n) is 15.2. The second kappa shape index (κ2) is 9.20. The molecule has 0 bridgehead atoms. The summed E-state index contributed by atoms with van der Waals surface area (Å²) in [5.41, 5.74) is 0.450. The van der Waals surface area contributed by atoms with E-state index in [1.807, 2.05) is 6.92 Å². The highest BCUT2D eigenvalue weighted by atomic mass is 35.5. The maximum Gasteiger partial charge on any atom is 0.265 e. The van der Waals surface area contributed by atoms with Crippen LogP contribution in [0.25, 0.3) is 0 Å². The van der Waals surface area contributed by atoms with Gasteiger partial charge in [-0.25, -0.2) is 0 Å². The molecule has 1 amide bonds. The number of hydrogen-bond acceptors (Lipinski definition) is 5. The lowest BCUT2D eigenvalue weighted by molar-refractivity contribution is -0.122. The second-order valence-electron chi connectivity index (χ2n) is 5.37. The van der Waals surface area contributed by atoms with Crippen molar-refractivity contribution in [3.05, 3.63) is 41.4 Å². The Kier molecular flexibility index (Phi) is 6.97. The normalized spacial score (nSPS) is 11.4. The Morgan fingerprint density at radius 1 is 1.04 bits per heavy atom. The summed E-state index contributed by atoms with van der Waals surface area (Å²) in [6.07, 6.45) is -0.204. The minimum atomic E-state index is -0.687. The number of rotatable bonds is 8. The van der Waals surface area contributed by atoms with Crippen molar-refractivity contribution in [1.82, 2.24) is 0 Å². The summed E-state index contributed by atoms with van der Waals surface area (Å²) in [4.78, 5) is 12.7. The molecule has 0 radical (unpaired) electrons. The minimum absolute atomic E-state index is 0.307. The molecule has 0 saturated heterocycles. The first kappa shape index (κ1) is 19.7. The monoisotopic (exact) mass is 379 g/mol. The molecule has 0 heterocycles. The molecule has 0 spiro atoms. The number of carbonyl (C=O) groups excluding carboxylic acids is 1. The molecule has 0 aliphatic rings. The zero-order chi connectivity index (χ0) is 19.1. The molecule has 0 aliphatic heterocycles. The van der Waals surface area contributed by atoms with Crippen LogP contribution < -0.4 is 24.3 Å². The summed E-state index contributed by atoms with van der Waals surface area (Å²) in [7, 11) is 4.57. The van der Waals surface area contributed by atoms with Gasteiger partial charge in [-0.1, -0.05) is 24.6 Å². The Morgan fingerprint density at radius 2 is 1.73 bits per heavy atom. The standard InChI is InChI=1S/C19H22ClNO5/c1-5-16(26-13-8-6-7-12(9-13)23-2)19(22)21-15-11-17(24-3)14(20)10-18(15)25-4/h6-11,16H,5H2,1-4H3,(H,21,22)/t16-/m1/s1. The van der Waals surface area contributed by atoms with Crippen LogP contribution >= 0.6 is 11.6 Å². The Hall–Kier alpha value is -2.60. The molecular weight excluding hydrogens is 358 g/mol. The highest BCUT2D eigenvalue weighted by Gasteiger charge is 2.21. The number of hydrogen-bond donors (Lipinski definition) is 1. The fourth-order valence-electron chi connectivity index (χ4n) is 2.33. The van der Waals surface area contributed by atoms with Crippen molar-refractivity contribution in [2.24, 2.45) is 0 Å². The molecule has 0 aliphatic carbocycles. The SMILES string of the molecule is CC[C@@H](Oc1cccc(OC)c1)C(=O)Nc1cc(OC)c(Cl)cc1OC. The number of ether oxygens (including phenoxy) is 4. The first-order valence-corrected chi connectivity index (χ1v) is 8.43. The molecule has 2 rings (SSSR count). The Balaban J connectivity index is 2.18. The Labute approximate surface area is 158 Å². The molecule has 1 N–H and O–H groups in total. The summed E-state index contributed by atoms with van der Waals surface area (Å²) < 4.78 is 21.4. The van der Waals surface area contributed by atoms with Crippen molar-refractivity contribution < 1.29 is 23.7 Å². The summed E-state index contributed by atoms with van der Waals surface area (Å²) in [5.74, 6) is 1.76. The van der Waals surface area contributed by atoms with E-state index in [4.69, 9.17) is 30.5 Å². The van der Waals surface area contributed by atoms with Crippen LogP contribution in [0.5, 0.6) is 23.0 Å². The van der Waals surface area contributed by atoms with Gasteiger partial charge >= 0.3 is 0 Å². The molecule has 26 heavy (non-hydrogen) atoms.